The van der Waals surface area contributed by atoms with E-state index in [2.05, 4.69) is 4.99 Å². The lowest BCUT2D eigenvalue weighted by Gasteiger charge is -2.10. The van der Waals surface area contributed by atoms with Gasteiger partial charge in [0.2, 0.25) is 0 Å². The van der Waals surface area contributed by atoms with Crippen molar-refractivity contribution in [2.45, 2.75) is 0 Å². The summed E-state index contributed by atoms with van der Waals surface area (Å²) in [7, 11) is 0. The smallest absolute Gasteiger partial charge is 0.135 e. The minimum Gasteiger partial charge on any atom is -0.287 e. The number of halogens is 1. The Balaban J connectivity index is 2.63. The molecule has 0 fully saturated rings. The summed E-state index contributed by atoms with van der Waals surface area (Å²) in [4.78, 5) is 3.69. The number of rotatable bonds is 0. The molecule has 0 aliphatic carbocycles. The van der Waals surface area contributed by atoms with E-state index >= 15 is 0 Å². The van der Waals surface area contributed by atoms with Gasteiger partial charge >= 0.3 is 0 Å². The van der Waals surface area contributed by atoms with Crippen molar-refractivity contribution >= 4 is 17.8 Å². The molecule has 0 saturated carbocycles. The van der Waals surface area contributed by atoms with Crippen LogP contribution in [0.2, 0.25) is 0 Å². The zero-order valence-corrected chi connectivity index (χ0v) is 4.84. The summed E-state index contributed by atoms with van der Waals surface area (Å²) in [6.07, 6.45) is 2.89. The Hall–Kier alpha value is -0.540. The van der Waals surface area contributed by atoms with Crippen LogP contribution in [0.1, 0.15) is 0 Å². The van der Waals surface area contributed by atoms with E-state index in [1.165, 1.54) is 12.4 Å². The summed E-state index contributed by atoms with van der Waals surface area (Å²) in [5, 5.41) is 10.0. The lowest BCUT2D eigenvalue weighted by molar-refractivity contribution is -0.0387. The van der Waals surface area contributed by atoms with Crippen LogP contribution >= 0.6 is 11.6 Å². The topological polar surface area (TPSA) is 35.8 Å². The van der Waals surface area contributed by atoms with Gasteiger partial charge in [-0.05, 0) is 0 Å². The van der Waals surface area contributed by atoms with Gasteiger partial charge in [0.1, 0.15) is 6.67 Å². The molecule has 1 N–H and O–H groups in total. The van der Waals surface area contributed by atoms with E-state index in [4.69, 9.17) is 16.8 Å². The van der Waals surface area contributed by atoms with Crippen LogP contribution in [0.4, 0.5) is 0 Å². The summed E-state index contributed by atoms with van der Waals surface area (Å²) in [5.41, 5.74) is 0. The summed E-state index contributed by atoms with van der Waals surface area (Å²) < 4.78 is 0. The quantitative estimate of drug-likeness (QED) is 0.529. The number of aliphatic imine (C=N–C) groups is 1. The van der Waals surface area contributed by atoms with Gasteiger partial charge in [0.15, 0.2) is 0 Å². The van der Waals surface area contributed by atoms with Crippen molar-refractivity contribution < 1.29 is 5.21 Å². The fourth-order valence-electron chi connectivity index (χ4n) is 0.428. The molecule has 4 heteroatoms. The van der Waals surface area contributed by atoms with E-state index in [9.17, 15) is 0 Å². The molecule has 3 nitrogen and oxygen atoms in total. The molecule has 0 aromatic rings. The molecule has 0 bridgehead atoms. The number of hydroxylamine groups is 2. The summed E-state index contributed by atoms with van der Waals surface area (Å²) in [6.45, 7) is 0.274. The first-order chi connectivity index (χ1) is 3.79. The van der Waals surface area contributed by atoms with Crippen LogP contribution in [0.5, 0.6) is 0 Å². The number of allylic oxidation sites excluding steroid dienone is 1. The molecule has 0 aromatic heterocycles. The molecule has 0 atom stereocenters. The van der Waals surface area contributed by atoms with Crippen molar-refractivity contribution in [2.75, 3.05) is 6.67 Å². The second-order valence-corrected chi connectivity index (χ2v) is 1.84. The van der Waals surface area contributed by atoms with Crippen LogP contribution in [0.25, 0.3) is 0 Å². The average molecular weight is 133 g/mol. The Kier molecular flexibility index (Phi) is 1.50. The van der Waals surface area contributed by atoms with Gasteiger partial charge in [-0.3, -0.25) is 10.2 Å². The molecule has 44 valence electrons. The third-order valence-corrected chi connectivity index (χ3v) is 0.909. The molecule has 0 amide bonds. The fraction of sp³-hybridized carbons (Fsp3) is 0.250. The van der Waals surface area contributed by atoms with Gasteiger partial charge in [0.25, 0.3) is 0 Å². The second-order valence-electron chi connectivity index (χ2n) is 1.41. The summed E-state index contributed by atoms with van der Waals surface area (Å²) in [5.74, 6) is 0. The van der Waals surface area contributed by atoms with Gasteiger partial charge < -0.3 is 0 Å². The van der Waals surface area contributed by atoms with Gasteiger partial charge in [-0.2, -0.15) is 0 Å². The van der Waals surface area contributed by atoms with Crippen LogP contribution in [0, 0.1) is 0 Å². The summed E-state index contributed by atoms with van der Waals surface area (Å²) in [6, 6.07) is 0. The van der Waals surface area contributed by atoms with Gasteiger partial charge in [-0.1, -0.05) is 11.6 Å². The summed E-state index contributed by atoms with van der Waals surface area (Å²) >= 11 is 5.42. The number of nitrogens with zero attached hydrogens (tertiary/aromatic N) is 2. The molecule has 8 heavy (non-hydrogen) atoms. The van der Waals surface area contributed by atoms with E-state index in [1.54, 1.807) is 0 Å². The van der Waals surface area contributed by atoms with Crippen molar-refractivity contribution in [1.82, 2.24) is 5.06 Å². The Morgan fingerprint density at radius 3 is 3.00 bits per heavy atom. The van der Waals surface area contributed by atoms with E-state index < -0.39 is 0 Å². The molecule has 0 unspecified atom stereocenters. The lowest BCUT2D eigenvalue weighted by Crippen LogP contribution is -2.15. The average Bonchev–Trinajstić information content (AvgIpc) is 1.64. The van der Waals surface area contributed by atoms with Gasteiger partial charge in [0.05, 0.1) is 5.03 Å². The Morgan fingerprint density at radius 2 is 2.62 bits per heavy atom. The molecular formula is C4H5ClN2O. The van der Waals surface area contributed by atoms with Crippen molar-refractivity contribution in [2.24, 2.45) is 4.99 Å². The van der Waals surface area contributed by atoms with Crippen molar-refractivity contribution in [1.29, 1.82) is 0 Å². The lowest BCUT2D eigenvalue weighted by atomic mass is 10.6. The molecule has 0 radical (unpaired) electrons. The van der Waals surface area contributed by atoms with Crippen LogP contribution in [-0.2, 0) is 0 Å². The molecule has 0 spiro atoms. The van der Waals surface area contributed by atoms with E-state index in [0.717, 1.165) is 5.06 Å². The molecule has 1 aliphatic rings. The van der Waals surface area contributed by atoms with Crippen LogP contribution in [-0.4, -0.2) is 23.2 Å². The SMILES string of the molecule is ON1C=C(Cl)C=NC1. The predicted octanol–water partition coefficient (Wildman–Crippen LogP) is 0.800. The third-order valence-electron chi connectivity index (χ3n) is 0.714. The predicted molar refractivity (Wildman–Crippen MR) is 30.9 cm³/mol. The van der Waals surface area contributed by atoms with Crippen molar-refractivity contribution in [3.8, 4) is 0 Å². The van der Waals surface area contributed by atoms with Gasteiger partial charge in [0, 0.05) is 12.4 Å². The normalized spacial score (nSPS) is 18.8. The zero-order chi connectivity index (χ0) is 5.98. The maximum Gasteiger partial charge on any atom is 0.135 e. The minimum absolute atomic E-state index is 0.274. The highest BCUT2D eigenvalue weighted by Crippen LogP contribution is 2.02. The van der Waals surface area contributed by atoms with E-state index in [1.807, 2.05) is 0 Å². The first-order valence-corrected chi connectivity index (χ1v) is 2.49. The monoisotopic (exact) mass is 132 g/mol. The molecular weight excluding hydrogens is 128 g/mol. The number of hydrogen-bond acceptors (Lipinski definition) is 3. The van der Waals surface area contributed by atoms with E-state index in [0.29, 0.717) is 5.03 Å². The molecule has 1 heterocycles. The molecule has 1 aliphatic heterocycles. The first kappa shape index (κ1) is 5.59. The minimum atomic E-state index is 0.274. The van der Waals surface area contributed by atoms with Crippen LogP contribution in [0.15, 0.2) is 16.2 Å². The highest BCUT2D eigenvalue weighted by atomic mass is 35.5. The Labute approximate surface area is 51.8 Å². The van der Waals surface area contributed by atoms with Crippen LogP contribution in [0.3, 0.4) is 0 Å². The standard InChI is InChI=1S/C4H5ClN2O/c5-4-1-6-3-7(8)2-4/h1-2,8H,3H2. The largest absolute Gasteiger partial charge is 0.287 e. The van der Waals surface area contributed by atoms with Crippen molar-refractivity contribution in [3.05, 3.63) is 11.2 Å². The highest BCUT2D eigenvalue weighted by Gasteiger charge is 1.97. The van der Waals surface area contributed by atoms with Crippen molar-refractivity contribution in [3.63, 3.8) is 0 Å². The zero-order valence-electron chi connectivity index (χ0n) is 4.08. The fourth-order valence-corrected chi connectivity index (χ4v) is 0.610. The molecule has 1 rings (SSSR count). The van der Waals surface area contributed by atoms with E-state index in [-0.39, 0.29) is 6.67 Å². The number of hydrogen-bond donors (Lipinski definition) is 1. The highest BCUT2D eigenvalue weighted by molar-refractivity contribution is 6.39. The molecule has 0 saturated heterocycles. The Morgan fingerprint density at radius 1 is 1.88 bits per heavy atom. The first-order valence-electron chi connectivity index (χ1n) is 2.12. The Bertz CT molecular complexity index is 143. The van der Waals surface area contributed by atoms with Crippen LogP contribution < -0.4 is 0 Å². The third kappa shape index (κ3) is 1.21. The maximum absolute atomic E-state index is 8.64. The van der Waals surface area contributed by atoms with Gasteiger partial charge in [-0.15, -0.1) is 0 Å². The molecule has 0 aromatic carbocycles. The second kappa shape index (κ2) is 2.15. The van der Waals surface area contributed by atoms with Gasteiger partial charge in [-0.25, -0.2) is 5.06 Å². The maximum atomic E-state index is 8.64.